The molecular weight excluding hydrogens is 293 g/mol. The number of rotatable bonds is 3. The Morgan fingerprint density at radius 2 is 1.35 bits per heavy atom. The van der Waals surface area contributed by atoms with E-state index in [1.54, 1.807) is 24.3 Å². The molecule has 0 saturated heterocycles. The number of hydrogen-bond donors (Lipinski definition) is 0. The number of carbonyl (C=O) groups is 1. The smallest absolute Gasteiger partial charge is 0.410 e. The minimum atomic E-state index is -0.604. The highest BCUT2D eigenvalue weighted by Crippen LogP contribution is 2.26. The molecule has 0 atom stereocenters. The minimum Gasteiger partial charge on any atom is -0.410 e. The van der Waals surface area contributed by atoms with Gasteiger partial charge in [-0.15, -0.1) is 0 Å². The molecule has 0 aliphatic heterocycles. The van der Waals surface area contributed by atoms with Crippen LogP contribution in [-0.2, 0) is 0 Å². The van der Waals surface area contributed by atoms with E-state index in [4.69, 9.17) is 4.74 Å². The average molecular weight is 307 g/mol. The van der Waals surface area contributed by atoms with Crippen LogP contribution in [0.4, 0.5) is 20.6 Å². The van der Waals surface area contributed by atoms with Gasteiger partial charge in [-0.1, -0.05) is 42.5 Å². The summed E-state index contributed by atoms with van der Waals surface area (Å²) in [6.45, 7) is 0. The van der Waals surface area contributed by atoms with Gasteiger partial charge in [-0.3, -0.25) is 0 Å². The first kappa shape index (κ1) is 14.8. The molecule has 1 amide bonds. The molecule has 114 valence electrons. The maximum Gasteiger partial charge on any atom is 0.424 e. The van der Waals surface area contributed by atoms with E-state index < -0.39 is 11.9 Å². The summed E-state index contributed by atoms with van der Waals surface area (Å²) in [5, 5.41) is 0. The number of para-hydroxylation sites is 2. The number of anilines is 2. The standard InChI is InChI=1S/C19H14FNO2/c20-15-8-7-13-18(14-15)23-19(22)21(16-9-3-1-4-10-16)17-11-5-2-6-12-17/h1-14H. The number of hydrogen-bond acceptors (Lipinski definition) is 2. The highest BCUT2D eigenvalue weighted by molar-refractivity contribution is 5.97. The van der Waals surface area contributed by atoms with Gasteiger partial charge < -0.3 is 4.74 Å². The molecule has 0 aromatic heterocycles. The lowest BCUT2D eigenvalue weighted by Gasteiger charge is -2.22. The largest absolute Gasteiger partial charge is 0.424 e. The van der Waals surface area contributed by atoms with E-state index in [-0.39, 0.29) is 5.75 Å². The van der Waals surface area contributed by atoms with Gasteiger partial charge in [0.1, 0.15) is 11.6 Å². The van der Waals surface area contributed by atoms with E-state index in [0.717, 1.165) is 0 Å². The summed E-state index contributed by atoms with van der Waals surface area (Å²) in [7, 11) is 0. The van der Waals surface area contributed by atoms with Crippen LogP contribution in [0.15, 0.2) is 84.9 Å². The third-order valence-corrected chi connectivity index (χ3v) is 3.21. The molecule has 3 nitrogen and oxygen atoms in total. The fraction of sp³-hybridized carbons (Fsp3) is 0. The van der Waals surface area contributed by atoms with Crippen molar-refractivity contribution in [1.82, 2.24) is 0 Å². The second-order valence-corrected chi connectivity index (χ2v) is 4.83. The molecule has 0 aliphatic carbocycles. The van der Waals surface area contributed by atoms with Gasteiger partial charge in [-0.2, -0.15) is 0 Å². The zero-order valence-electron chi connectivity index (χ0n) is 12.2. The predicted molar refractivity (Wildman–Crippen MR) is 87.4 cm³/mol. The first-order valence-corrected chi connectivity index (χ1v) is 7.11. The molecule has 0 spiro atoms. The molecule has 0 bridgehead atoms. The summed E-state index contributed by atoms with van der Waals surface area (Å²) in [5.41, 5.74) is 1.33. The normalized spacial score (nSPS) is 10.1. The molecule has 0 N–H and O–H groups in total. The third-order valence-electron chi connectivity index (χ3n) is 3.21. The van der Waals surface area contributed by atoms with Crippen LogP contribution in [0.5, 0.6) is 5.75 Å². The lowest BCUT2D eigenvalue weighted by atomic mass is 10.2. The predicted octanol–water partition coefficient (Wildman–Crippen LogP) is 5.16. The van der Waals surface area contributed by atoms with Gasteiger partial charge in [0.05, 0.1) is 11.4 Å². The van der Waals surface area contributed by atoms with Crippen molar-refractivity contribution in [3.05, 3.63) is 90.7 Å². The summed E-state index contributed by atoms with van der Waals surface area (Å²) >= 11 is 0. The van der Waals surface area contributed by atoms with Crippen molar-refractivity contribution in [3.8, 4) is 5.75 Å². The Bertz CT molecular complexity index is 751. The molecule has 4 heteroatoms. The summed E-state index contributed by atoms with van der Waals surface area (Å²) in [6, 6.07) is 23.8. The Labute approximate surface area is 133 Å². The molecule has 0 radical (unpaired) electrons. The summed E-state index contributed by atoms with van der Waals surface area (Å²) in [5.74, 6) is -0.298. The fourth-order valence-electron chi connectivity index (χ4n) is 2.19. The average Bonchev–Trinajstić information content (AvgIpc) is 2.57. The summed E-state index contributed by atoms with van der Waals surface area (Å²) < 4.78 is 18.6. The highest BCUT2D eigenvalue weighted by atomic mass is 19.1. The Balaban J connectivity index is 1.94. The second kappa shape index (κ2) is 6.75. The minimum absolute atomic E-state index is 0.159. The van der Waals surface area contributed by atoms with Crippen molar-refractivity contribution < 1.29 is 13.9 Å². The Morgan fingerprint density at radius 1 is 0.783 bits per heavy atom. The van der Waals surface area contributed by atoms with Crippen LogP contribution in [-0.4, -0.2) is 6.09 Å². The molecule has 0 fully saturated rings. The number of halogens is 1. The van der Waals surface area contributed by atoms with Crippen molar-refractivity contribution in [3.63, 3.8) is 0 Å². The van der Waals surface area contributed by atoms with E-state index in [9.17, 15) is 9.18 Å². The topological polar surface area (TPSA) is 29.5 Å². The van der Waals surface area contributed by atoms with E-state index in [1.807, 2.05) is 36.4 Å². The number of amides is 1. The van der Waals surface area contributed by atoms with Gasteiger partial charge in [0, 0.05) is 6.07 Å². The SMILES string of the molecule is O=C(Oc1cccc(F)c1)N(c1ccccc1)c1ccccc1. The summed E-state index contributed by atoms with van der Waals surface area (Å²) in [6.07, 6.45) is -0.604. The van der Waals surface area contributed by atoms with Crippen molar-refractivity contribution >= 4 is 17.5 Å². The van der Waals surface area contributed by atoms with Crippen LogP contribution in [0.1, 0.15) is 0 Å². The van der Waals surface area contributed by atoms with Gasteiger partial charge in [-0.05, 0) is 36.4 Å². The van der Waals surface area contributed by atoms with Crippen molar-refractivity contribution in [1.29, 1.82) is 0 Å². The first-order chi connectivity index (χ1) is 11.2. The van der Waals surface area contributed by atoms with Gasteiger partial charge in [0.15, 0.2) is 0 Å². The Hall–Kier alpha value is -3.14. The van der Waals surface area contributed by atoms with Crippen LogP contribution in [0.3, 0.4) is 0 Å². The molecule has 0 unspecified atom stereocenters. The number of nitrogens with zero attached hydrogens (tertiary/aromatic N) is 1. The molecule has 0 saturated carbocycles. The van der Waals surface area contributed by atoms with E-state index in [2.05, 4.69) is 0 Å². The lowest BCUT2D eigenvalue weighted by Crippen LogP contribution is -2.29. The first-order valence-electron chi connectivity index (χ1n) is 7.11. The molecular formula is C19H14FNO2. The lowest BCUT2D eigenvalue weighted by molar-refractivity contribution is 0.210. The molecule has 23 heavy (non-hydrogen) atoms. The molecule has 3 rings (SSSR count). The number of carbonyl (C=O) groups excluding carboxylic acids is 1. The highest BCUT2D eigenvalue weighted by Gasteiger charge is 2.20. The van der Waals surface area contributed by atoms with Crippen LogP contribution in [0, 0.1) is 5.82 Å². The van der Waals surface area contributed by atoms with Gasteiger partial charge in [0.2, 0.25) is 0 Å². The van der Waals surface area contributed by atoms with E-state index in [1.165, 1.54) is 29.2 Å². The van der Waals surface area contributed by atoms with Crippen LogP contribution in [0.25, 0.3) is 0 Å². The quantitative estimate of drug-likeness (QED) is 0.668. The zero-order valence-corrected chi connectivity index (χ0v) is 12.2. The molecule has 0 aliphatic rings. The van der Waals surface area contributed by atoms with E-state index >= 15 is 0 Å². The van der Waals surface area contributed by atoms with Gasteiger partial charge >= 0.3 is 6.09 Å². The monoisotopic (exact) mass is 307 g/mol. The maximum absolute atomic E-state index is 13.3. The van der Waals surface area contributed by atoms with Crippen LogP contribution in [0.2, 0.25) is 0 Å². The van der Waals surface area contributed by atoms with Crippen molar-refractivity contribution in [2.24, 2.45) is 0 Å². The maximum atomic E-state index is 13.3. The summed E-state index contributed by atoms with van der Waals surface area (Å²) in [4.78, 5) is 14.0. The van der Waals surface area contributed by atoms with Crippen LogP contribution < -0.4 is 9.64 Å². The fourth-order valence-corrected chi connectivity index (χ4v) is 2.19. The molecule has 3 aromatic carbocycles. The zero-order chi connectivity index (χ0) is 16.1. The van der Waals surface area contributed by atoms with Crippen molar-refractivity contribution in [2.75, 3.05) is 4.90 Å². The van der Waals surface area contributed by atoms with E-state index in [0.29, 0.717) is 11.4 Å². The van der Waals surface area contributed by atoms with Crippen LogP contribution >= 0.6 is 0 Å². The Morgan fingerprint density at radius 3 is 1.87 bits per heavy atom. The third kappa shape index (κ3) is 3.55. The van der Waals surface area contributed by atoms with Gasteiger partial charge in [0.25, 0.3) is 0 Å². The molecule has 3 aromatic rings. The molecule has 0 heterocycles. The van der Waals surface area contributed by atoms with Gasteiger partial charge in [-0.25, -0.2) is 14.1 Å². The Kier molecular flexibility index (Phi) is 4.34. The number of benzene rings is 3. The van der Waals surface area contributed by atoms with Crippen molar-refractivity contribution in [2.45, 2.75) is 0 Å². The number of ether oxygens (including phenoxy) is 1. The second-order valence-electron chi connectivity index (χ2n) is 4.83.